The summed E-state index contributed by atoms with van der Waals surface area (Å²) >= 11 is 5.89. The van der Waals surface area contributed by atoms with E-state index in [1.54, 1.807) is 6.07 Å². The maximum Gasteiger partial charge on any atom is 0.123 e. The Kier molecular flexibility index (Phi) is 5.57. The molecule has 0 radical (unpaired) electrons. The summed E-state index contributed by atoms with van der Waals surface area (Å²) in [4.78, 5) is 2.28. The van der Waals surface area contributed by atoms with Crippen LogP contribution < -0.4 is 0 Å². The molecule has 0 aromatic heterocycles. The summed E-state index contributed by atoms with van der Waals surface area (Å²) in [6.45, 7) is 4.39. The monoisotopic (exact) mass is 291 g/mol. The molecule has 0 bridgehead atoms. The van der Waals surface area contributed by atoms with Gasteiger partial charge in [0.25, 0.3) is 0 Å². The van der Waals surface area contributed by atoms with Crippen LogP contribution in [-0.4, -0.2) is 17.3 Å². The van der Waals surface area contributed by atoms with Gasteiger partial charge in [0, 0.05) is 25.5 Å². The smallest absolute Gasteiger partial charge is 0.123 e. The molecule has 3 heteroatoms. The van der Waals surface area contributed by atoms with Crippen molar-refractivity contribution in [2.24, 2.45) is 0 Å². The molecule has 0 aliphatic rings. The lowest BCUT2D eigenvalue weighted by atomic mass is 10.1. The van der Waals surface area contributed by atoms with Crippen molar-refractivity contribution < 1.29 is 4.39 Å². The quantitative estimate of drug-likeness (QED) is 0.714. The van der Waals surface area contributed by atoms with Crippen molar-refractivity contribution in [2.75, 3.05) is 12.4 Å². The van der Waals surface area contributed by atoms with E-state index in [2.05, 4.69) is 17.0 Å². The van der Waals surface area contributed by atoms with E-state index in [-0.39, 0.29) is 5.82 Å². The minimum atomic E-state index is -0.182. The van der Waals surface area contributed by atoms with Crippen molar-refractivity contribution in [1.82, 2.24) is 4.90 Å². The molecule has 2 aromatic carbocycles. The maximum absolute atomic E-state index is 13.1. The Balaban J connectivity index is 2.09. The second kappa shape index (κ2) is 7.41. The molecule has 20 heavy (non-hydrogen) atoms. The van der Waals surface area contributed by atoms with Crippen LogP contribution in [0.3, 0.4) is 0 Å². The van der Waals surface area contributed by atoms with Crippen molar-refractivity contribution in [3.8, 4) is 0 Å². The first-order chi connectivity index (χ1) is 9.69. The van der Waals surface area contributed by atoms with Crippen LogP contribution in [0.4, 0.5) is 4.39 Å². The third kappa shape index (κ3) is 4.32. The zero-order valence-electron chi connectivity index (χ0n) is 11.7. The van der Waals surface area contributed by atoms with Crippen LogP contribution in [0, 0.1) is 12.7 Å². The summed E-state index contributed by atoms with van der Waals surface area (Å²) < 4.78 is 13.1. The van der Waals surface area contributed by atoms with Crippen LogP contribution in [0.15, 0.2) is 48.5 Å². The molecule has 0 N–H and O–H groups in total. The molecule has 0 aliphatic carbocycles. The number of alkyl halides is 1. The lowest BCUT2D eigenvalue weighted by Crippen LogP contribution is -2.25. The zero-order chi connectivity index (χ0) is 14.4. The third-order valence-electron chi connectivity index (χ3n) is 3.35. The Morgan fingerprint density at radius 3 is 2.45 bits per heavy atom. The average molecular weight is 292 g/mol. The molecule has 0 spiro atoms. The number of rotatable bonds is 6. The molecule has 106 valence electrons. The van der Waals surface area contributed by atoms with Gasteiger partial charge < -0.3 is 0 Å². The lowest BCUT2D eigenvalue weighted by molar-refractivity contribution is 0.272. The van der Waals surface area contributed by atoms with Gasteiger partial charge in [0.2, 0.25) is 0 Å². The molecule has 0 atom stereocenters. The van der Waals surface area contributed by atoms with Gasteiger partial charge in [0.15, 0.2) is 0 Å². The summed E-state index contributed by atoms with van der Waals surface area (Å²) in [5, 5.41) is 0. The largest absolute Gasteiger partial charge is 0.294 e. The van der Waals surface area contributed by atoms with E-state index in [4.69, 9.17) is 11.6 Å². The number of nitrogens with zero attached hydrogens (tertiary/aromatic N) is 1. The first-order valence-electron chi connectivity index (χ1n) is 6.76. The maximum atomic E-state index is 13.1. The Morgan fingerprint density at radius 2 is 1.80 bits per heavy atom. The van der Waals surface area contributed by atoms with Crippen LogP contribution >= 0.6 is 11.6 Å². The molecule has 2 rings (SSSR count). The number of hydrogen-bond donors (Lipinski definition) is 0. The fraction of sp³-hybridized carbons (Fsp3) is 0.294. The molecule has 2 aromatic rings. The SMILES string of the molecule is Cc1cc(F)ccc1CN(CCCl)Cc1ccccc1. The molecule has 1 nitrogen and oxygen atoms in total. The van der Waals surface area contributed by atoms with Crippen molar-refractivity contribution in [2.45, 2.75) is 20.0 Å². The molecular weight excluding hydrogens is 273 g/mol. The molecule has 0 unspecified atom stereocenters. The highest BCUT2D eigenvalue weighted by Gasteiger charge is 2.08. The van der Waals surface area contributed by atoms with Crippen molar-refractivity contribution >= 4 is 11.6 Å². The van der Waals surface area contributed by atoms with E-state index in [0.717, 1.165) is 30.8 Å². The Bertz CT molecular complexity index is 542. The molecule has 0 heterocycles. The van der Waals surface area contributed by atoms with Gasteiger partial charge in [0.1, 0.15) is 5.82 Å². The number of benzene rings is 2. The molecular formula is C17H19ClFN. The van der Waals surface area contributed by atoms with Gasteiger partial charge in [-0.25, -0.2) is 4.39 Å². The second-order valence-corrected chi connectivity index (χ2v) is 5.33. The van der Waals surface area contributed by atoms with Crippen LogP contribution in [0.5, 0.6) is 0 Å². The molecule has 0 saturated carbocycles. The summed E-state index contributed by atoms with van der Waals surface area (Å²) in [6, 6.07) is 15.3. The van der Waals surface area contributed by atoms with E-state index >= 15 is 0 Å². The van der Waals surface area contributed by atoms with Crippen molar-refractivity contribution in [3.05, 3.63) is 71.0 Å². The zero-order valence-corrected chi connectivity index (χ0v) is 12.4. The summed E-state index contributed by atoms with van der Waals surface area (Å²) in [5.74, 6) is 0.408. The first kappa shape index (κ1) is 15.0. The van der Waals surface area contributed by atoms with Gasteiger partial charge in [-0.1, -0.05) is 36.4 Å². The third-order valence-corrected chi connectivity index (χ3v) is 3.52. The number of halogens is 2. The predicted octanol–water partition coefficient (Wildman–Crippen LogP) is 4.38. The van der Waals surface area contributed by atoms with Gasteiger partial charge in [-0.05, 0) is 35.7 Å². The van der Waals surface area contributed by atoms with Crippen LogP contribution in [0.2, 0.25) is 0 Å². The van der Waals surface area contributed by atoms with Gasteiger partial charge in [-0.15, -0.1) is 11.6 Å². The highest BCUT2D eigenvalue weighted by Crippen LogP contribution is 2.15. The van der Waals surface area contributed by atoms with Gasteiger partial charge >= 0.3 is 0 Å². The van der Waals surface area contributed by atoms with Gasteiger partial charge in [0.05, 0.1) is 0 Å². The highest BCUT2D eigenvalue weighted by molar-refractivity contribution is 6.18. The normalized spacial score (nSPS) is 11.0. The number of aryl methyl sites for hydroxylation is 1. The number of hydrogen-bond acceptors (Lipinski definition) is 1. The van der Waals surface area contributed by atoms with E-state index in [9.17, 15) is 4.39 Å². The standard InChI is InChI=1S/C17H19ClFN/c1-14-11-17(19)8-7-16(14)13-20(10-9-18)12-15-5-3-2-4-6-15/h2-8,11H,9-10,12-13H2,1H3. The van der Waals surface area contributed by atoms with Gasteiger partial charge in [-0.3, -0.25) is 4.90 Å². The topological polar surface area (TPSA) is 3.24 Å². The van der Waals surface area contributed by atoms with Crippen LogP contribution in [0.25, 0.3) is 0 Å². The molecule has 0 saturated heterocycles. The second-order valence-electron chi connectivity index (χ2n) is 4.96. The van der Waals surface area contributed by atoms with E-state index < -0.39 is 0 Å². The fourth-order valence-electron chi connectivity index (χ4n) is 2.25. The summed E-state index contributed by atoms with van der Waals surface area (Å²) in [5.41, 5.74) is 3.39. The van der Waals surface area contributed by atoms with Crippen LogP contribution in [-0.2, 0) is 13.1 Å². The van der Waals surface area contributed by atoms with E-state index in [1.807, 2.05) is 31.2 Å². The average Bonchev–Trinajstić information content (AvgIpc) is 2.43. The Labute approximate surface area is 125 Å². The van der Waals surface area contributed by atoms with E-state index in [1.165, 1.54) is 11.6 Å². The minimum Gasteiger partial charge on any atom is -0.294 e. The first-order valence-corrected chi connectivity index (χ1v) is 7.30. The van der Waals surface area contributed by atoms with E-state index in [0.29, 0.717) is 5.88 Å². The molecule has 0 aliphatic heterocycles. The molecule has 0 fully saturated rings. The summed E-state index contributed by atoms with van der Waals surface area (Å²) in [7, 11) is 0. The predicted molar refractivity (Wildman–Crippen MR) is 82.4 cm³/mol. The Hall–Kier alpha value is -1.38. The van der Waals surface area contributed by atoms with Crippen molar-refractivity contribution in [3.63, 3.8) is 0 Å². The molecule has 0 amide bonds. The van der Waals surface area contributed by atoms with Crippen LogP contribution in [0.1, 0.15) is 16.7 Å². The van der Waals surface area contributed by atoms with Crippen molar-refractivity contribution in [1.29, 1.82) is 0 Å². The highest BCUT2D eigenvalue weighted by atomic mass is 35.5. The fourth-order valence-corrected chi connectivity index (χ4v) is 2.49. The summed E-state index contributed by atoms with van der Waals surface area (Å²) in [6.07, 6.45) is 0. The lowest BCUT2D eigenvalue weighted by Gasteiger charge is -2.22. The van der Waals surface area contributed by atoms with Gasteiger partial charge in [-0.2, -0.15) is 0 Å². The minimum absolute atomic E-state index is 0.182. The Morgan fingerprint density at radius 1 is 1.05 bits per heavy atom.